The number of nitrogen functional groups attached to an aromatic ring is 1. The normalized spacial score (nSPS) is 12.6. The fraction of sp³-hybridized carbons (Fsp3) is 0.286. The zero-order valence-corrected chi connectivity index (χ0v) is 11.8. The molecule has 0 bridgehead atoms. The Morgan fingerprint density at radius 1 is 1.32 bits per heavy atom. The van der Waals surface area contributed by atoms with Crippen molar-refractivity contribution >= 4 is 17.4 Å². The Morgan fingerprint density at radius 2 is 2.11 bits per heavy atom. The van der Waals surface area contributed by atoms with Gasteiger partial charge in [-0.2, -0.15) is 0 Å². The molecule has 0 spiro atoms. The Kier molecular flexibility index (Phi) is 4.35. The molecule has 0 saturated carbocycles. The smallest absolute Gasteiger partial charge is 0.141 e. The van der Waals surface area contributed by atoms with Crippen LogP contribution < -0.4 is 5.73 Å². The number of halogens is 1. The van der Waals surface area contributed by atoms with Gasteiger partial charge in [0, 0.05) is 17.6 Å². The lowest BCUT2D eigenvalue weighted by Gasteiger charge is -2.24. The number of rotatable bonds is 4. The molecule has 1 heterocycles. The monoisotopic (exact) mass is 276 g/mol. The molecule has 0 radical (unpaired) electrons. The molecule has 1 unspecified atom stereocenters. The Morgan fingerprint density at radius 3 is 2.74 bits per heavy atom. The summed E-state index contributed by atoms with van der Waals surface area (Å²) in [5, 5.41) is 0.755. The van der Waals surface area contributed by atoms with Crippen LogP contribution in [-0.4, -0.2) is 21.9 Å². The fourth-order valence-corrected chi connectivity index (χ4v) is 2.06. The number of hydrogen-bond donors (Lipinski definition) is 1. The van der Waals surface area contributed by atoms with E-state index in [0.29, 0.717) is 12.4 Å². The van der Waals surface area contributed by atoms with Crippen LogP contribution in [0.25, 0.3) is 0 Å². The molecule has 2 N–H and O–H groups in total. The van der Waals surface area contributed by atoms with Gasteiger partial charge in [0.05, 0.1) is 18.1 Å². The van der Waals surface area contributed by atoms with Crippen LogP contribution in [0.4, 0.5) is 5.82 Å². The number of benzene rings is 1. The Balaban J connectivity index is 2.07. The van der Waals surface area contributed by atoms with Gasteiger partial charge in [0.25, 0.3) is 0 Å². The maximum Gasteiger partial charge on any atom is 0.141 e. The van der Waals surface area contributed by atoms with Gasteiger partial charge in [-0.05, 0) is 31.7 Å². The van der Waals surface area contributed by atoms with Gasteiger partial charge in [-0.3, -0.25) is 9.88 Å². The molecular formula is C14H17ClN4. The molecule has 1 aromatic carbocycles. The van der Waals surface area contributed by atoms with E-state index in [1.807, 2.05) is 25.2 Å². The lowest BCUT2D eigenvalue weighted by Crippen LogP contribution is -2.22. The molecular weight excluding hydrogens is 260 g/mol. The minimum atomic E-state index is 0.248. The molecule has 1 atom stereocenters. The standard InChI is InChI=1S/C14H17ClN4/c1-10(11-4-3-5-12(15)6-11)19(2)9-13-7-18-14(16)8-17-13/h3-8,10H,9H2,1-2H3,(H2,16,18). The van der Waals surface area contributed by atoms with Gasteiger partial charge >= 0.3 is 0 Å². The Hall–Kier alpha value is -1.65. The topological polar surface area (TPSA) is 55.0 Å². The molecule has 0 aliphatic heterocycles. The summed E-state index contributed by atoms with van der Waals surface area (Å²) in [5.74, 6) is 0.439. The van der Waals surface area contributed by atoms with Crippen LogP contribution in [0.3, 0.4) is 0 Å². The first-order valence-electron chi connectivity index (χ1n) is 6.08. The second-order valence-corrected chi connectivity index (χ2v) is 5.02. The highest BCUT2D eigenvalue weighted by atomic mass is 35.5. The summed E-state index contributed by atoms with van der Waals surface area (Å²) in [6.45, 7) is 2.84. The summed E-state index contributed by atoms with van der Waals surface area (Å²) in [6.07, 6.45) is 3.28. The van der Waals surface area contributed by atoms with Crippen molar-refractivity contribution in [3.05, 3.63) is 52.9 Å². The van der Waals surface area contributed by atoms with Gasteiger partial charge in [0.15, 0.2) is 0 Å². The van der Waals surface area contributed by atoms with Crippen LogP contribution in [0.2, 0.25) is 5.02 Å². The van der Waals surface area contributed by atoms with Crippen molar-refractivity contribution in [2.75, 3.05) is 12.8 Å². The van der Waals surface area contributed by atoms with Gasteiger partial charge in [0.1, 0.15) is 5.82 Å². The minimum absolute atomic E-state index is 0.248. The number of anilines is 1. The van der Waals surface area contributed by atoms with Crippen molar-refractivity contribution in [1.29, 1.82) is 0 Å². The van der Waals surface area contributed by atoms with Crippen LogP contribution in [0.1, 0.15) is 24.2 Å². The largest absolute Gasteiger partial charge is 0.382 e. The lowest BCUT2D eigenvalue weighted by atomic mass is 10.1. The molecule has 5 heteroatoms. The van der Waals surface area contributed by atoms with Crippen LogP contribution >= 0.6 is 11.6 Å². The molecule has 19 heavy (non-hydrogen) atoms. The number of aromatic nitrogens is 2. The molecule has 1 aromatic heterocycles. The molecule has 0 aliphatic carbocycles. The summed E-state index contributed by atoms with van der Waals surface area (Å²) in [4.78, 5) is 10.5. The van der Waals surface area contributed by atoms with E-state index in [-0.39, 0.29) is 6.04 Å². The fourth-order valence-electron chi connectivity index (χ4n) is 1.86. The molecule has 0 saturated heterocycles. The second-order valence-electron chi connectivity index (χ2n) is 4.58. The number of hydrogen-bond acceptors (Lipinski definition) is 4. The first-order valence-corrected chi connectivity index (χ1v) is 6.46. The summed E-state index contributed by atoms with van der Waals surface area (Å²) >= 11 is 6.02. The zero-order chi connectivity index (χ0) is 13.8. The van der Waals surface area contributed by atoms with E-state index in [1.54, 1.807) is 12.4 Å². The van der Waals surface area contributed by atoms with Crippen molar-refractivity contribution in [3.8, 4) is 0 Å². The molecule has 2 rings (SSSR count). The van der Waals surface area contributed by atoms with E-state index in [4.69, 9.17) is 17.3 Å². The number of nitrogens with two attached hydrogens (primary N) is 1. The highest BCUT2D eigenvalue weighted by molar-refractivity contribution is 6.30. The van der Waals surface area contributed by atoms with Gasteiger partial charge in [-0.1, -0.05) is 23.7 Å². The maximum atomic E-state index is 6.02. The van der Waals surface area contributed by atoms with E-state index in [2.05, 4.69) is 27.9 Å². The molecule has 0 amide bonds. The van der Waals surface area contributed by atoms with Crippen molar-refractivity contribution in [2.45, 2.75) is 19.5 Å². The van der Waals surface area contributed by atoms with E-state index in [1.165, 1.54) is 5.56 Å². The molecule has 100 valence electrons. The van der Waals surface area contributed by atoms with E-state index < -0.39 is 0 Å². The predicted octanol–water partition coefficient (Wildman–Crippen LogP) is 2.91. The molecule has 2 aromatic rings. The van der Waals surface area contributed by atoms with Crippen molar-refractivity contribution in [1.82, 2.24) is 14.9 Å². The quantitative estimate of drug-likeness (QED) is 0.933. The summed E-state index contributed by atoms with van der Waals surface area (Å²) in [5.41, 5.74) is 7.60. The first-order chi connectivity index (χ1) is 9.06. The van der Waals surface area contributed by atoms with Crippen molar-refractivity contribution in [3.63, 3.8) is 0 Å². The van der Waals surface area contributed by atoms with E-state index in [0.717, 1.165) is 10.7 Å². The van der Waals surface area contributed by atoms with Crippen LogP contribution in [0, 0.1) is 0 Å². The molecule has 0 fully saturated rings. The van der Waals surface area contributed by atoms with Crippen molar-refractivity contribution < 1.29 is 0 Å². The third-order valence-electron chi connectivity index (χ3n) is 3.13. The maximum absolute atomic E-state index is 6.02. The third-order valence-corrected chi connectivity index (χ3v) is 3.36. The summed E-state index contributed by atoms with van der Waals surface area (Å²) in [6, 6.07) is 8.14. The van der Waals surface area contributed by atoms with E-state index >= 15 is 0 Å². The Bertz CT molecular complexity index is 541. The second kappa shape index (κ2) is 5.99. The minimum Gasteiger partial charge on any atom is -0.382 e. The van der Waals surface area contributed by atoms with Gasteiger partial charge in [-0.15, -0.1) is 0 Å². The van der Waals surface area contributed by atoms with Gasteiger partial charge in [-0.25, -0.2) is 4.98 Å². The Labute approximate surface area is 118 Å². The lowest BCUT2D eigenvalue weighted by molar-refractivity contribution is 0.250. The SMILES string of the molecule is CC(c1cccc(Cl)c1)N(C)Cc1cnc(N)cn1. The van der Waals surface area contributed by atoms with Gasteiger partial charge < -0.3 is 5.73 Å². The molecule has 4 nitrogen and oxygen atoms in total. The number of nitrogens with zero attached hydrogens (tertiary/aromatic N) is 3. The van der Waals surface area contributed by atoms with E-state index in [9.17, 15) is 0 Å². The van der Waals surface area contributed by atoms with Crippen LogP contribution in [0.5, 0.6) is 0 Å². The zero-order valence-electron chi connectivity index (χ0n) is 11.0. The highest BCUT2D eigenvalue weighted by Gasteiger charge is 2.12. The third kappa shape index (κ3) is 3.66. The van der Waals surface area contributed by atoms with Crippen LogP contribution in [-0.2, 0) is 6.54 Å². The summed E-state index contributed by atoms with van der Waals surface area (Å²) in [7, 11) is 2.05. The van der Waals surface area contributed by atoms with Crippen LogP contribution in [0.15, 0.2) is 36.7 Å². The molecule has 0 aliphatic rings. The van der Waals surface area contributed by atoms with Crippen molar-refractivity contribution in [2.24, 2.45) is 0 Å². The van der Waals surface area contributed by atoms with Gasteiger partial charge in [0.2, 0.25) is 0 Å². The average molecular weight is 277 g/mol. The predicted molar refractivity (Wildman–Crippen MR) is 77.8 cm³/mol. The summed E-state index contributed by atoms with van der Waals surface area (Å²) < 4.78 is 0. The average Bonchev–Trinajstić information content (AvgIpc) is 2.40. The first kappa shape index (κ1) is 13.8. The highest BCUT2D eigenvalue weighted by Crippen LogP contribution is 2.22.